The summed E-state index contributed by atoms with van der Waals surface area (Å²) in [5.74, 6) is 0.758. The molecule has 1 aliphatic carbocycles. The van der Waals surface area contributed by atoms with E-state index in [-0.39, 0.29) is 21.4 Å². The maximum atomic E-state index is 10.4. The molecule has 4 nitrogen and oxygen atoms in total. The van der Waals surface area contributed by atoms with E-state index in [0.29, 0.717) is 11.0 Å². The summed E-state index contributed by atoms with van der Waals surface area (Å²) in [5, 5.41) is 10.4. The third kappa shape index (κ3) is 49.4. The third-order valence-electron chi connectivity index (χ3n) is 17.7. The number of nitrogens with zero attached hydrogens (tertiary/aromatic N) is 1. The molecule has 0 heterocycles. The number of hydrogen-bond donors (Lipinski definition) is 1. The molecule has 658 valence electrons. The molecule has 0 radical (unpaired) electrons. The van der Waals surface area contributed by atoms with Crippen molar-refractivity contribution in [1.82, 2.24) is 0 Å². The molecular formula is C114H167NO3S2. The van der Waals surface area contributed by atoms with Gasteiger partial charge in [0.2, 0.25) is 0 Å². The van der Waals surface area contributed by atoms with E-state index in [9.17, 15) is 10.1 Å². The molecule has 1 N–H and O–H groups in total. The smallest absolute Gasteiger partial charge is 0.272 e. The average Bonchev–Trinajstić information content (AvgIpc) is 0.750. The minimum Gasteiger partial charge on any atom is -0.325 e. The second-order valence-corrected chi connectivity index (χ2v) is 32.8. The van der Waals surface area contributed by atoms with Crippen LogP contribution in [0.1, 0.15) is 259 Å². The molecular weight excluding hydrogens is 1500 g/mol. The molecule has 1 atom stereocenters. The SMILES string of the molecule is CC.CC.CC.CC.CC.CC.CC.CC.CC.CC.CC(C)(c1ccccc1)c1ccccc1.CC1CC(C)(C)CC(c2ccccc2)(c2ccccc2)C1.Cc1ccc(C)c(S(C)(C)C)c1.Cc1ccc(C)c(SO)c1.Cc1ccc(C)c([N+](=O)[O-])c1.c1ccc(-c2ccccc2)cc1.c1ccc(Cc2ccccc2)cc1.c1ccccc1. The zero-order valence-corrected chi connectivity index (χ0v) is 83.3. The topological polar surface area (TPSA) is 63.4 Å². The van der Waals surface area contributed by atoms with Gasteiger partial charge >= 0.3 is 0 Å². The van der Waals surface area contributed by atoms with Crippen LogP contribution in [0.4, 0.5) is 5.69 Å². The van der Waals surface area contributed by atoms with Crippen LogP contribution in [0.25, 0.3) is 11.1 Å². The van der Waals surface area contributed by atoms with E-state index in [1.165, 1.54) is 80.5 Å². The van der Waals surface area contributed by atoms with Gasteiger partial charge in [-0.05, 0) is 181 Å². The van der Waals surface area contributed by atoms with E-state index >= 15 is 0 Å². The van der Waals surface area contributed by atoms with Crippen molar-refractivity contribution in [1.29, 1.82) is 0 Å². The summed E-state index contributed by atoms with van der Waals surface area (Å²) in [7, 11) is -0.556. The monoisotopic (exact) mass is 1660 g/mol. The number of nitro groups is 1. The number of nitro benzene ring substituents is 1. The second kappa shape index (κ2) is 74.7. The molecule has 6 heteroatoms. The molecule has 1 fully saturated rings. The highest BCUT2D eigenvalue weighted by Crippen LogP contribution is 2.53. The Kier molecular flexibility index (Phi) is 74.3. The molecule has 120 heavy (non-hydrogen) atoms. The fourth-order valence-electron chi connectivity index (χ4n) is 12.7. The molecule has 0 aromatic heterocycles. The lowest BCUT2D eigenvalue weighted by Gasteiger charge is -2.48. The van der Waals surface area contributed by atoms with Crippen molar-refractivity contribution in [2.24, 2.45) is 11.3 Å². The predicted molar refractivity (Wildman–Crippen MR) is 549 cm³/mol. The summed E-state index contributed by atoms with van der Waals surface area (Å²) in [6.45, 7) is 63.7. The number of rotatable bonds is 10. The van der Waals surface area contributed by atoms with Gasteiger partial charge in [-0.2, -0.15) is 0 Å². The fraction of sp³-hybridized carbons (Fsp3) is 0.368. The fourth-order valence-corrected chi connectivity index (χ4v) is 14.8. The first-order chi connectivity index (χ1) is 57.9. The largest absolute Gasteiger partial charge is 0.325 e. The van der Waals surface area contributed by atoms with Crippen LogP contribution in [0.15, 0.2) is 343 Å². The van der Waals surface area contributed by atoms with Crippen molar-refractivity contribution in [3.05, 3.63) is 411 Å². The normalized spacial score (nSPS) is 11.5. The van der Waals surface area contributed by atoms with Gasteiger partial charge in [0.05, 0.1) is 4.92 Å². The van der Waals surface area contributed by atoms with Gasteiger partial charge in [-0.3, -0.25) is 10.1 Å². The van der Waals surface area contributed by atoms with Crippen LogP contribution in [-0.4, -0.2) is 28.2 Å². The lowest BCUT2D eigenvalue weighted by atomic mass is 9.55. The first-order valence-electron chi connectivity index (χ1n) is 44.7. The van der Waals surface area contributed by atoms with E-state index in [1.54, 1.807) is 24.0 Å². The van der Waals surface area contributed by atoms with Crippen LogP contribution in [0.3, 0.4) is 0 Å². The lowest BCUT2D eigenvalue weighted by Crippen LogP contribution is -2.41. The zero-order chi connectivity index (χ0) is 92.4. The zero-order valence-electron chi connectivity index (χ0n) is 81.7. The first kappa shape index (κ1) is 119. The van der Waals surface area contributed by atoms with Crippen molar-refractivity contribution in [2.75, 3.05) is 18.8 Å². The van der Waals surface area contributed by atoms with Crippen LogP contribution in [0.2, 0.25) is 0 Å². The van der Waals surface area contributed by atoms with Crippen LogP contribution in [-0.2, 0) is 17.3 Å². The van der Waals surface area contributed by atoms with Crippen molar-refractivity contribution in [3.8, 4) is 11.1 Å². The highest BCUT2D eigenvalue weighted by molar-refractivity contribution is 8.32. The molecule has 12 aromatic carbocycles. The van der Waals surface area contributed by atoms with Gasteiger partial charge in [0.25, 0.3) is 5.69 Å². The highest BCUT2D eigenvalue weighted by atomic mass is 32.3. The first-order valence-corrected chi connectivity index (χ1v) is 48.3. The van der Waals surface area contributed by atoms with Crippen molar-refractivity contribution >= 4 is 27.8 Å². The minimum absolute atomic E-state index is 0.0858. The Morgan fingerprint density at radius 2 is 0.650 bits per heavy atom. The summed E-state index contributed by atoms with van der Waals surface area (Å²) < 4.78 is 8.76. The van der Waals surface area contributed by atoms with Crippen molar-refractivity contribution < 1.29 is 9.48 Å². The van der Waals surface area contributed by atoms with Gasteiger partial charge in [0.1, 0.15) is 0 Å². The maximum absolute atomic E-state index is 10.4. The molecule has 1 saturated carbocycles. The summed E-state index contributed by atoms with van der Waals surface area (Å²) in [6, 6.07) is 115. The molecule has 0 amide bonds. The van der Waals surface area contributed by atoms with Gasteiger partial charge in [-0.15, -0.1) is 0 Å². The van der Waals surface area contributed by atoms with Gasteiger partial charge in [-0.25, -0.2) is 10.0 Å². The van der Waals surface area contributed by atoms with E-state index in [0.717, 1.165) is 40.4 Å². The van der Waals surface area contributed by atoms with Crippen molar-refractivity contribution in [2.45, 2.75) is 261 Å². The van der Waals surface area contributed by atoms with Crippen LogP contribution >= 0.6 is 22.1 Å². The van der Waals surface area contributed by atoms with Crippen LogP contribution < -0.4 is 0 Å². The molecule has 13 rings (SSSR count). The molecule has 0 bridgehead atoms. The molecule has 1 unspecified atom stereocenters. The van der Waals surface area contributed by atoms with Crippen molar-refractivity contribution in [3.63, 3.8) is 0 Å². The summed E-state index contributed by atoms with van der Waals surface area (Å²) in [6.07, 6.45) is 11.9. The van der Waals surface area contributed by atoms with Gasteiger partial charge in [0, 0.05) is 39.4 Å². The van der Waals surface area contributed by atoms with Gasteiger partial charge in [0.15, 0.2) is 0 Å². The Hall–Kier alpha value is -9.30. The van der Waals surface area contributed by atoms with Crippen LogP contribution in [0.5, 0.6) is 0 Å². The Morgan fingerprint density at radius 1 is 0.375 bits per heavy atom. The number of hydrogen-bond acceptors (Lipinski definition) is 4. The van der Waals surface area contributed by atoms with Crippen LogP contribution in [0, 0.1) is 63.0 Å². The van der Waals surface area contributed by atoms with E-state index in [1.807, 2.05) is 232 Å². The standard InChI is InChI=1S/C21H26.C15H16.C13H12.C12H10.C11H18S.C8H9NO2.C8H10OS.C6H6.10C2H6/c1-17-14-20(2,3)16-21(15-17,18-10-6-4-7-11-18)19-12-8-5-9-13-19;1-15(2,13-9-5-3-6-10-13)14-11-7-4-8-12-14;1-3-7-12(8-4-1)11-13-9-5-2-6-10-13;1-3-7-11(8-4-1)12-9-5-2-6-10-12;1-9-6-7-10(2)11(8-9)12(3,4)5;1-6-3-4-7(2)8(5-6)9(10)11;1-6-3-4-7(2)8(5-6)10-9;1-2-4-6-5-3-1;10*1-2/h4-13,17H,14-16H2,1-3H3;3-12H,1-2H3;1-10H,11H2;1-10H;6-8H,1-5H3;3-5H,1-2H3;3-5,9H,1-2H3;1-6H;10*1-2H3. The molecule has 0 saturated heterocycles. The van der Waals surface area contributed by atoms with Gasteiger partial charge in [-0.1, -0.05) is 494 Å². The molecule has 1 aliphatic rings. The van der Waals surface area contributed by atoms with E-state index < -0.39 is 10.0 Å². The Balaban J connectivity index is -0.000000413. The van der Waals surface area contributed by atoms with Gasteiger partial charge < -0.3 is 4.55 Å². The van der Waals surface area contributed by atoms with E-state index in [2.05, 4.69) is 316 Å². The Labute approximate surface area is 744 Å². The molecule has 0 spiro atoms. The second-order valence-electron chi connectivity index (χ2n) is 28.1. The highest BCUT2D eigenvalue weighted by Gasteiger charge is 2.45. The molecule has 0 aliphatic heterocycles. The molecule has 12 aromatic rings. The minimum atomic E-state index is -0.556. The number of benzene rings is 12. The predicted octanol–water partition coefficient (Wildman–Crippen LogP) is 36.8. The third-order valence-corrected chi connectivity index (χ3v) is 20.1. The quantitative estimate of drug-likeness (QED) is 0.0842. The summed E-state index contributed by atoms with van der Waals surface area (Å²) in [5.41, 5.74) is 18.6. The average molecular weight is 1660 g/mol. The van der Waals surface area contributed by atoms with E-state index in [4.69, 9.17) is 4.55 Å². The lowest BCUT2D eigenvalue weighted by molar-refractivity contribution is -0.385. The number of aryl methyl sites for hydroxylation is 6. The maximum Gasteiger partial charge on any atom is 0.272 e. The Bertz CT molecular complexity index is 4040. The summed E-state index contributed by atoms with van der Waals surface area (Å²) >= 11 is 0.810. The Morgan fingerprint density at radius 3 is 0.933 bits per heavy atom. The summed E-state index contributed by atoms with van der Waals surface area (Å²) in [4.78, 5) is 12.5.